The summed E-state index contributed by atoms with van der Waals surface area (Å²) in [6, 6.07) is 22.4. The minimum Gasteiger partial charge on any atom is -0.372 e. The molecule has 0 aliphatic heterocycles. The van der Waals surface area contributed by atoms with Crippen molar-refractivity contribution in [2.45, 2.75) is 27.7 Å². The summed E-state index contributed by atoms with van der Waals surface area (Å²) >= 11 is 6.21. The maximum Gasteiger partial charge on any atom is 0.287 e. The SMILES string of the molecule is CCN(CC)c1ccc(C=NNC(=O)C(=Cc2ccc(N(CC)CC)cc2)NC(=O)c2ccccc2Cl)cc1. The lowest BCUT2D eigenvalue weighted by Crippen LogP contribution is -2.33. The molecule has 0 unspecified atom stereocenters. The van der Waals surface area contributed by atoms with E-state index in [1.165, 1.54) is 0 Å². The van der Waals surface area contributed by atoms with Crippen molar-refractivity contribution < 1.29 is 9.59 Å². The van der Waals surface area contributed by atoms with E-state index in [4.69, 9.17) is 11.6 Å². The molecule has 39 heavy (non-hydrogen) atoms. The van der Waals surface area contributed by atoms with Crippen LogP contribution >= 0.6 is 11.6 Å². The molecule has 0 spiro atoms. The molecule has 0 atom stereocenters. The van der Waals surface area contributed by atoms with Crippen LogP contribution in [0.4, 0.5) is 11.4 Å². The summed E-state index contributed by atoms with van der Waals surface area (Å²) in [5.41, 5.74) is 6.64. The van der Waals surface area contributed by atoms with Gasteiger partial charge >= 0.3 is 0 Å². The third-order valence-corrected chi connectivity index (χ3v) is 6.67. The van der Waals surface area contributed by atoms with Crippen LogP contribution in [0.1, 0.15) is 49.2 Å². The maximum absolute atomic E-state index is 13.1. The third kappa shape index (κ3) is 8.19. The Balaban J connectivity index is 1.81. The van der Waals surface area contributed by atoms with Crippen LogP contribution in [0.5, 0.6) is 0 Å². The summed E-state index contributed by atoms with van der Waals surface area (Å²) in [6.07, 6.45) is 3.18. The van der Waals surface area contributed by atoms with Crippen molar-refractivity contribution in [3.63, 3.8) is 0 Å². The predicted octanol–water partition coefficient (Wildman–Crippen LogP) is 5.95. The summed E-state index contributed by atoms with van der Waals surface area (Å²) in [4.78, 5) is 30.6. The molecule has 0 aromatic heterocycles. The molecule has 0 saturated carbocycles. The van der Waals surface area contributed by atoms with Crippen molar-refractivity contribution in [3.05, 3.63) is 100 Å². The molecule has 2 N–H and O–H groups in total. The maximum atomic E-state index is 13.1. The second kappa shape index (κ2) is 14.7. The molecule has 3 aromatic carbocycles. The number of hydrogen-bond donors (Lipinski definition) is 2. The Bertz CT molecular complexity index is 1300. The molecular weight excluding hydrogens is 510 g/mol. The molecule has 0 heterocycles. The molecule has 3 rings (SSSR count). The summed E-state index contributed by atoms with van der Waals surface area (Å²) in [6.45, 7) is 12.1. The van der Waals surface area contributed by atoms with Crippen LogP contribution in [0.25, 0.3) is 6.08 Å². The predicted molar refractivity (Wildman–Crippen MR) is 163 cm³/mol. The number of carbonyl (C=O) groups is 2. The van der Waals surface area contributed by atoms with Crippen LogP contribution in [0.3, 0.4) is 0 Å². The Kier molecular flexibility index (Phi) is 11.1. The van der Waals surface area contributed by atoms with Crippen LogP contribution in [0, 0.1) is 0 Å². The number of carbonyl (C=O) groups excluding carboxylic acids is 2. The van der Waals surface area contributed by atoms with Gasteiger partial charge in [0.1, 0.15) is 5.70 Å². The highest BCUT2D eigenvalue weighted by atomic mass is 35.5. The molecular formula is C31H36ClN5O2. The topological polar surface area (TPSA) is 77.0 Å². The largest absolute Gasteiger partial charge is 0.372 e. The van der Waals surface area contributed by atoms with Crippen molar-refractivity contribution in [1.29, 1.82) is 0 Å². The van der Waals surface area contributed by atoms with Crippen molar-refractivity contribution in [1.82, 2.24) is 10.7 Å². The Morgan fingerprint density at radius 1 is 0.769 bits per heavy atom. The van der Waals surface area contributed by atoms with E-state index in [1.54, 1.807) is 36.6 Å². The monoisotopic (exact) mass is 545 g/mol. The number of nitrogens with zero attached hydrogens (tertiary/aromatic N) is 3. The molecule has 204 valence electrons. The number of benzene rings is 3. The van der Waals surface area contributed by atoms with Crippen molar-refractivity contribution in [2.75, 3.05) is 36.0 Å². The molecule has 7 nitrogen and oxygen atoms in total. The standard InChI is InChI=1S/C31H36ClN5O2/c1-5-36(6-2)25-17-13-23(14-18-25)21-29(34-30(38)27-11-9-10-12-28(27)32)31(39)35-33-22-24-15-19-26(20-16-24)37(7-3)8-4/h9-22H,5-8H2,1-4H3,(H,34,38)(H,35,39). The summed E-state index contributed by atoms with van der Waals surface area (Å²) in [7, 11) is 0. The Labute approximate surface area is 236 Å². The molecule has 0 saturated heterocycles. The van der Waals surface area contributed by atoms with Crippen LogP contribution in [-0.4, -0.2) is 44.2 Å². The van der Waals surface area contributed by atoms with Gasteiger partial charge in [-0.1, -0.05) is 48.0 Å². The molecule has 0 aliphatic carbocycles. The number of anilines is 2. The smallest absolute Gasteiger partial charge is 0.287 e. The second-order valence-corrected chi connectivity index (χ2v) is 9.13. The number of halogens is 1. The van der Waals surface area contributed by atoms with Gasteiger partial charge in [0, 0.05) is 37.6 Å². The van der Waals surface area contributed by atoms with Gasteiger partial charge in [-0.2, -0.15) is 5.10 Å². The fourth-order valence-corrected chi connectivity index (χ4v) is 4.34. The molecule has 0 bridgehead atoms. The zero-order valence-electron chi connectivity index (χ0n) is 22.9. The first-order valence-electron chi connectivity index (χ1n) is 13.2. The van der Waals surface area contributed by atoms with E-state index < -0.39 is 11.8 Å². The van der Waals surface area contributed by atoms with Gasteiger partial charge in [0.15, 0.2) is 0 Å². The number of amides is 2. The Morgan fingerprint density at radius 2 is 1.28 bits per heavy atom. The fourth-order valence-electron chi connectivity index (χ4n) is 4.12. The van der Waals surface area contributed by atoms with E-state index in [9.17, 15) is 9.59 Å². The minimum absolute atomic E-state index is 0.0459. The lowest BCUT2D eigenvalue weighted by molar-refractivity contribution is -0.117. The highest BCUT2D eigenvalue weighted by Gasteiger charge is 2.16. The average Bonchev–Trinajstić information content (AvgIpc) is 2.95. The molecule has 2 amide bonds. The average molecular weight is 546 g/mol. The summed E-state index contributed by atoms with van der Waals surface area (Å²) in [5, 5.41) is 7.11. The van der Waals surface area contributed by atoms with Gasteiger partial charge in [0.2, 0.25) is 0 Å². The molecule has 0 radical (unpaired) electrons. The van der Waals surface area contributed by atoms with Crippen molar-refractivity contribution >= 4 is 47.1 Å². The van der Waals surface area contributed by atoms with Crippen LogP contribution in [0.2, 0.25) is 5.02 Å². The quantitative estimate of drug-likeness (QED) is 0.167. The van der Waals surface area contributed by atoms with E-state index in [0.717, 1.165) is 48.7 Å². The lowest BCUT2D eigenvalue weighted by atomic mass is 10.1. The zero-order chi connectivity index (χ0) is 28.2. The first-order chi connectivity index (χ1) is 18.9. The normalized spacial score (nSPS) is 11.4. The summed E-state index contributed by atoms with van der Waals surface area (Å²) in [5.74, 6) is -1.04. The van der Waals surface area contributed by atoms with Gasteiger partial charge in [-0.15, -0.1) is 0 Å². The molecule has 0 aliphatic rings. The van der Waals surface area contributed by atoms with Gasteiger partial charge < -0.3 is 15.1 Å². The highest BCUT2D eigenvalue weighted by Crippen LogP contribution is 2.18. The number of nitrogens with one attached hydrogen (secondary N) is 2. The van der Waals surface area contributed by atoms with E-state index >= 15 is 0 Å². The first-order valence-corrected chi connectivity index (χ1v) is 13.6. The van der Waals surface area contributed by atoms with Crippen molar-refractivity contribution in [3.8, 4) is 0 Å². The van der Waals surface area contributed by atoms with E-state index in [1.807, 2.05) is 48.5 Å². The molecule has 8 heteroatoms. The number of rotatable bonds is 12. The van der Waals surface area contributed by atoms with Crippen LogP contribution < -0.4 is 20.5 Å². The minimum atomic E-state index is -0.556. The van der Waals surface area contributed by atoms with Crippen LogP contribution in [-0.2, 0) is 4.79 Å². The number of hydrazone groups is 1. The van der Waals surface area contributed by atoms with Crippen LogP contribution in [0.15, 0.2) is 83.6 Å². The van der Waals surface area contributed by atoms with Gasteiger partial charge in [-0.25, -0.2) is 5.43 Å². The first kappa shape index (κ1) is 29.5. The Hall–Kier alpha value is -4.10. The second-order valence-electron chi connectivity index (χ2n) is 8.72. The third-order valence-electron chi connectivity index (χ3n) is 6.35. The van der Waals surface area contributed by atoms with Crippen molar-refractivity contribution in [2.24, 2.45) is 5.10 Å². The van der Waals surface area contributed by atoms with Gasteiger partial charge in [0.25, 0.3) is 11.8 Å². The van der Waals surface area contributed by atoms with Gasteiger partial charge in [-0.3, -0.25) is 9.59 Å². The van der Waals surface area contributed by atoms with E-state index in [2.05, 4.69) is 53.3 Å². The number of hydrogen-bond acceptors (Lipinski definition) is 5. The van der Waals surface area contributed by atoms with E-state index in [-0.39, 0.29) is 11.3 Å². The lowest BCUT2D eigenvalue weighted by Gasteiger charge is -2.21. The Morgan fingerprint density at radius 3 is 1.79 bits per heavy atom. The zero-order valence-corrected chi connectivity index (χ0v) is 23.7. The van der Waals surface area contributed by atoms with E-state index in [0.29, 0.717) is 5.02 Å². The molecule has 3 aromatic rings. The molecule has 0 fully saturated rings. The van der Waals surface area contributed by atoms with Gasteiger partial charge in [-0.05, 0) is 81.3 Å². The highest BCUT2D eigenvalue weighted by molar-refractivity contribution is 6.34. The fraction of sp³-hybridized carbons (Fsp3) is 0.258. The summed E-state index contributed by atoms with van der Waals surface area (Å²) < 4.78 is 0. The van der Waals surface area contributed by atoms with Gasteiger partial charge in [0.05, 0.1) is 16.8 Å².